The first-order valence-electron chi connectivity index (χ1n) is 11.6. The number of nitrogens with one attached hydrogen (secondary N) is 1. The van der Waals surface area contributed by atoms with Crippen LogP contribution in [0.15, 0.2) is 48.5 Å². The highest BCUT2D eigenvalue weighted by molar-refractivity contribution is 7.40. The topological polar surface area (TPSA) is 198 Å². The van der Waals surface area contributed by atoms with Crippen molar-refractivity contribution in [3.63, 3.8) is 0 Å². The second-order valence-corrected chi connectivity index (χ2v) is 9.47. The van der Waals surface area contributed by atoms with Crippen molar-refractivity contribution < 1.29 is 33.9 Å². The normalized spacial score (nSPS) is 12.0. The van der Waals surface area contributed by atoms with Gasteiger partial charge in [0.1, 0.15) is 6.04 Å². The minimum absolute atomic E-state index is 0.125. The molecule has 3 rings (SSSR count). The molecule has 13 heteroatoms. The number of carbonyl (C=O) groups is 2. The summed E-state index contributed by atoms with van der Waals surface area (Å²) in [7, 11) is -5.39. The average molecular weight is 530 g/mol. The summed E-state index contributed by atoms with van der Waals surface area (Å²) in [6, 6.07) is 14.7. The summed E-state index contributed by atoms with van der Waals surface area (Å²) in [4.78, 5) is 51.9. The largest absolute Gasteiger partial charge is 0.822 e. The van der Waals surface area contributed by atoms with Crippen LogP contribution in [-0.4, -0.2) is 48.5 Å². The first kappa shape index (κ1) is 29.8. The number of tetrazole rings is 1. The molecule has 1 aromatic heterocycles. The van der Waals surface area contributed by atoms with Crippen molar-refractivity contribution in [3.05, 3.63) is 54.1 Å². The fourth-order valence-corrected chi connectivity index (χ4v) is 3.78. The van der Waals surface area contributed by atoms with Crippen molar-refractivity contribution in [2.75, 3.05) is 0 Å². The van der Waals surface area contributed by atoms with Gasteiger partial charge in [0, 0.05) is 18.5 Å². The van der Waals surface area contributed by atoms with Gasteiger partial charge in [-0.25, -0.2) is 4.79 Å². The van der Waals surface area contributed by atoms with Gasteiger partial charge in [0.05, 0.1) is 0 Å². The molecule has 0 bridgehead atoms. The molecule has 0 unspecified atom stereocenters. The van der Waals surface area contributed by atoms with Crippen LogP contribution in [0, 0.1) is 5.92 Å². The maximum atomic E-state index is 12.9. The van der Waals surface area contributed by atoms with Crippen LogP contribution >= 0.6 is 7.82 Å². The summed E-state index contributed by atoms with van der Waals surface area (Å²) in [6.07, 6.45) is 1.97. The number of hydrogen-bond acceptors (Lipinski definition) is 9. The number of hydrogen-bond donors (Lipinski definition) is 2. The Bertz CT molecular complexity index is 1190. The number of amides is 1. The Balaban J connectivity index is 0.000000877. The second kappa shape index (κ2) is 13.8. The maximum absolute atomic E-state index is 12.9. The molecular weight excluding hydrogens is 501 g/mol. The molecule has 0 aliphatic rings. The Morgan fingerprint density at radius 3 is 2.14 bits per heavy atom. The van der Waals surface area contributed by atoms with Gasteiger partial charge in [0.25, 0.3) is 0 Å². The van der Waals surface area contributed by atoms with Gasteiger partial charge in [0.2, 0.25) is 11.7 Å². The number of phosphoric acid groups is 1. The van der Waals surface area contributed by atoms with E-state index in [9.17, 15) is 14.7 Å². The predicted octanol–water partition coefficient (Wildman–Crippen LogP) is 1.34. The lowest BCUT2D eigenvalue weighted by Gasteiger charge is -2.36. The van der Waals surface area contributed by atoms with Gasteiger partial charge in [-0.3, -0.25) is 4.79 Å². The average Bonchev–Trinajstić information content (AvgIpc) is 3.36. The quantitative estimate of drug-likeness (QED) is 0.361. The molecule has 2 aromatic carbocycles. The van der Waals surface area contributed by atoms with E-state index in [4.69, 9.17) is 19.2 Å². The number of carbonyl (C=O) groups excluding carboxylic acids is 1. The summed E-state index contributed by atoms with van der Waals surface area (Å²) in [5.74, 6) is -0.784. The number of rotatable bonds is 10. The Hall–Kier alpha value is -3.44. The van der Waals surface area contributed by atoms with Crippen molar-refractivity contribution in [1.82, 2.24) is 25.5 Å². The van der Waals surface area contributed by atoms with Gasteiger partial charge in [-0.1, -0.05) is 75.7 Å². The van der Waals surface area contributed by atoms with Crippen LogP contribution in [0.5, 0.6) is 0 Å². The van der Waals surface area contributed by atoms with Gasteiger partial charge < -0.3 is 29.3 Å². The third kappa shape index (κ3) is 9.51. The highest BCUT2D eigenvalue weighted by Crippen LogP contribution is 2.30. The molecule has 1 atom stereocenters. The van der Waals surface area contributed by atoms with Crippen molar-refractivity contribution in [3.8, 4) is 22.5 Å². The number of carboxylic acid groups (broad SMARTS) is 1. The highest BCUT2D eigenvalue weighted by atomic mass is 31.2. The van der Waals surface area contributed by atoms with E-state index in [0.717, 1.165) is 35.1 Å². The molecule has 0 radical (unpaired) electrons. The van der Waals surface area contributed by atoms with Gasteiger partial charge in [-0.05, 0) is 34.2 Å². The molecule has 1 heterocycles. The van der Waals surface area contributed by atoms with E-state index in [1.807, 2.05) is 69.3 Å². The van der Waals surface area contributed by atoms with Crippen molar-refractivity contribution in [2.45, 2.75) is 52.6 Å². The first-order chi connectivity index (χ1) is 17.4. The molecule has 0 saturated heterocycles. The lowest BCUT2D eigenvalue weighted by molar-refractivity contribution is -0.432. The molecule has 2 N–H and O–H groups in total. The molecule has 0 saturated carbocycles. The lowest BCUT2D eigenvalue weighted by atomic mass is 9.97. The molecule has 0 fully saturated rings. The Morgan fingerprint density at radius 1 is 1.05 bits per heavy atom. The Kier molecular flexibility index (Phi) is 11.1. The van der Waals surface area contributed by atoms with Crippen LogP contribution in [0.4, 0.5) is 0 Å². The predicted molar refractivity (Wildman–Crippen MR) is 129 cm³/mol. The molecular formula is C24H29N5O7P-3. The molecule has 12 nitrogen and oxygen atoms in total. The van der Waals surface area contributed by atoms with E-state index in [2.05, 4.69) is 20.6 Å². The number of benzene rings is 2. The molecule has 200 valence electrons. The maximum Gasteiger partial charge on any atom is 0.326 e. The minimum Gasteiger partial charge on any atom is -0.822 e. The van der Waals surface area contributed by atoms with Crippen LogP contribution in [0.2, 0.25) is 0 Å². The van der Waals surface area contributed by atoms with Gasteiger partial charge in [-0.2, -0.15) is 13.0 Å². The fraction of sp³-hybridized carbons (Fsp3) is 0.375. The third-order valence-corrected chi connectivity index (χ3v) is 5.42. The smallest absolute Gasteiger partial charge is 0.326 e. The molecule has 0 aliphatic carbocycles. The van der Waals surface area contributed by atoms with Crippen LogP contribution in [0.1, 0.15) is 45.6 Å². The van der Waals surface area contributed by atoms with E-state index in [-0.39, 0.29) is 18.4 Å². The second-order valence-electron chi connectivity index (χ2n) is 8.58. The molecule has 37 heavy (non-hydrogen) atoms. The Morgan fingerprint density at radius 2 is 1.65 bits per heavy atom. The lowest BCUT2D eigenvalue weighted by Crippen LogP contribution is -2.47. The van der Waals surface area contributed by atoms with E-state index in [0.29, 0.717) is 12.2 Å². The van der Waals surface area contributed by atoms with Gasteiger partial charge in [-0.15, -0.1) is 10.2 Å². The number of aromatic nitrogens is 4. The molecule has 3 aromatic rings. The third-order valence-electron chi connectivity index (χ3n) is 5.42. The van der Waals surface area contributed by atoms with E-state index in [1.165, 1.54) is 4.90 Å². The van der Waals surface area contributed by atoms with Crippen molar-refractivity contribution in [2.24, 2.45) is 5.92 Å². The Labute approximate surface area is 214 Å². The number of nitrogens with zero attached hydrogens (tertiary/aromatic N) is 4. The van der Waals surface area contributed by atoms with Crippen LogP contribution in [-0.2, 0) is 20.7 Å². The van der Waals surface area contributed by atoms with Crippen LogP contribution in [0.25, 0.3) is 22.5 Å². The zero-order chi connectivity index (χ0) is 27.6. The highest BCUT2D eigenvalue weighted by Gasteiger charge is 2.32. The van der Waals surface area contributed by atoms with Crippen molar-refractivity contribution >= 4 is 19.7 Å². The monoisotopic (exact) mass is 530 g/mol. The summed E-state index contributed by atoms with van der Waals surface area (Å²) >= 11 is 0. The standard InChI is InChI=1S/C24H29N5O3.H3O4P/c1-4-5-10-21(30)29(22(16(2)3)24(31)32)15-17-11-13-18(14-12-17)19-8-6-7-9-20(19)23-25-27-28-26-23;1-5(2,3)4/h6-9,11-14,16,22H,4-5,10,15H2,1-3H3,(H,31,32)(H,25,26,27,28);(H3,1,2,3,4)/p-3/t22-;/m0./s1. The molecule has 1 amide bonds. The van der Waals surface area contributed by atoms with Crippen LogP contribution in [0.3, 0.4) is 0 Å². The zero-order valence-corrected chi connectivity index (χ0v) is 21.6. The summed E-state index contributed by atoms with van der Waals surface area (Å²) < 4.78 is 8.55. The van der Waals surface area contributed by atoms with E-state index < -0.39 is 19.8 Å². The summed E-state index contributed by atoms with van der Waals surface area (Å²) in [5, 5.41) is 24.0. The fourth-order valence-electron chi connectivity index (χ4n) is 3.78. The summed E-state index contributed by atoms with van der Waals surface area (Å²) in [5.41, 5.74) is 3.66. The number of H-pyrrole nitrogens is 1. The number of carboxylic acids is 1. The van der Waals surface area contributed by atoms with Gasteiger partial charge in [0.15, 0.2) is 0 Å². The number of unbranched alkanes of at least 4 members (excludes halogenated alkanes) is 1. The zero-order valence-electron chi connectivity index (χ0n) is 20.7. The van der Waals surface area contributed by atoms with E-state index >= 15 is 0 Å². The van der Waals surface area contributed by atoms with Crippen molar-refractivity contribution in [1.29, 1.82) is 0 Å². The van der Waals surface area contributed by atoms with E-state index in [1.54, 1.807) is 0 Å². The van der Waals surface area contributed by atoms with Gasteiger partial charge >= 0.3 is 5.97 Å². The number of aromatic amines is 1. The molecule has 0 aliphatic heterocycles. The summed E-state index contributed by atoms with van der Waals surface area (Å²) in [6.45, 7) is 5.93. The molecule has 0 spiro atoms. The number of aliphatic carboxylic acids is 1. The first-order valence-corrected chi connectivity index (χ1v) is 13.1. The minimum atomic E-state index is -5.39. The van der Waals surface area contributed by atoms with Crippen LogP contribution < -0.4 is 14.7 Å². The SMILES string of the molecule is CCCCC(=O)N(Cc1ccc(-c2ccccc2-c2nn[nH]n2)cc1)[C@H](C(=O)O)C(C)C.O=P([O-])([O-])[O-].